The first-order valence-corrected chi connectivity index (χ1v) is 7.68. The van der Waals surface area contributed by atoms with Crippen molar-refractivity contribution in [2.24, 2.45) is 0 Å². The van der Waals surface area contributed by atoms with Crippen LogP contribution in [0.2, 0.25) is 0 Å². The minimum atomic E-state index is -0.126. The molecule has 0 saturated heterocycles. The lowest BCUT2D eigenvalue weighted by molar-refractivity contribution is 0.528. The zero-order chi connectivity index (χ0) is 15.2. The van der Waals surface area contributed by atoms with Gasteiger partial charge < -0.3 is 5.32 Å². The van der Waals surface area contributed by atoms with E-state index in [2.05, 4.69) is 50.4 Å². The van der Waals surface area contributed by atoms with Crippen LogP contribution in [-0.2, 0) is 6.42 Å². The molecule has 0 aromatic heterocycles. The van der Waals surface area contributed by atoms with Gasteiger partial charge in [0.1, 0.15) is 5.82 Å². The van der Waals surface area contributed by atoms with E-state index in [1.807, 2.05) is 12.1 Å². The summed E-state index contributed by atoms with van der Waals surface area (Å²) < 4.78 is 13.8. The molecule has 0 aliphatic carbocycles. The van der Waals surface area contributed by atoms with Crippen molar-refractivity contribution in [3.8, 4) is 0 Å². The lowest BCUT2D eigenvalue weighted by Crippen LogP contribution is -2.23. The Morgan fingerprint density at radius 1 is 0.952 bits per heavy atom. The molecule has 2 heteroatoms. The summed E-state index contributed by atoms with van der Waals surface area (Å²) >= 11 is 0. The zero-order valence-corrected chi connectivity index (χ0v) is 13.1. The van der Waals surface area contributed by atoms with E-state index >= 15 is 0 Å². The Morgan fingerprint density at radius 2 is 1.57 bits per heavy atom. The fourth-order valence-corrected chi connectivity index (χ4v) is 2.55. The van der Waals surface area contributed by atoms with Crippen molar-refractivity contribution in [2.45, 2.75) is 39.2 Å². The summed E-state index contributed by atoms with van der Waals surface area (Å²) in [5.74, 6) is 0.405. The highest BCUT2D eigenvalue weighted by Gasteiger charge is 2.13. The van der Waals surface area contributed by atoms with Crippen LogP contribution in [0.1, 0.15) is 49.4 Å². The van der Waals surface area contributed by atoms with Crippen molar-refractivity contribution in [1.82, 2.24) is 5.32 Å². The van der Waals surface area contributed by atoms with Gasteiger partial charge in [0.25, 0.3) is 0 Å². The van der Waals surface area contributed by atoms with Crippen molar-refractivity contribution >= 4 is 0 Å². The Hall–Kier alpha value is -1.67. The maximum atomic E-state index is 13.8. The summed E-state index contributed by atoms with van der Waals surface area (Å²) in [5.41, 5.74) is 3.31. The van der Waals surface area contributed by atoms with Gasteiger partial charge in [0.05, 0.1) is 0 Å². The Bertz CT molecular complexity index is 560. The second-order valence-corrected chi connectivity index (χ2v) is 5.73. The molecule has 0 bridgehead atoms. The van der Waals surface area contributed by atoms with Gasteiger partial charge in [0.15, 0.2) is 0 Å². The largest absolute Gasteiger partial charge is 0.310 e. The third-order valence-electron chi connectivity index (χ3n) is 3.84. The third kappa shape index (κ3) is 4.15. The van der Waals surface area contributed by atoms with Crippen LogP contribution in [0.5, 0.6) is 0 Å². The average molecular weight is 285 g/mol. The van der Waals surface area contributed by atoms with Crippen molar-refractivity contribution < 1.29 is 4.39 Å². The van der Waals surface area contributed by atoms with Gasteiger partial charge in [-0.15, -0.1) is 0 Å². The van der Waals surface area contributed by atoms with E-state index < -0.39 is 0 Å². The van der Waals surface area contributed by atoms with Crippen molar-refractivity contribution in [3.63, 3.8) is 0 Å². The lowest BCUT2D eigenvalue weighted by atomic mass is 9.95. The van der Waals surface area contributed by atoms with Crippen LogP contribution in [0.3, 0.4) is 0 Å². The van der Waals surface area contributed by atoms with Crippen molar-refractivity contribution in [2.75, 3.05) is 6.54 Å². The highest BCUT2D eigenvalue weighted by atomic mass is 19.1. The standard InChI is InChI=1S/C19H24FN/c1-4-21-19(13-17-7-5-6-8-18(17)20)16-11-9-15(10-12-16)14(2)3/h5-12,14,19,21H,4,13H2,1-3H3. The molecule has 1 atom stereocenters. The van der Waals surface area contributed by atoms with Crippen LogP contribution in [0.25, 0.3) is 0 Å². The molecule has 0 heterocycles. The Morgan fingerprint density at radius 3 is 2.14 bits per heavy atom. The smallest absolute Gasteiger partial charge is 0.126 e. The van der Waals surface area contributed by atoms with Gasteiger partial charge in [-0.3, -0.25) is 0 Å². The van der Waals surface area contributed by atoms with Gasteiger partial charge in [-0.2, -0.15) is 0 Å². The van der Waals surface area contributed by atoms with Gasteiger partial charge in [-0.1, -0.05) is 63.2 Å². The molecule has 112 valence electrons. The summed E-state index contributed by atoms with van der Waals surface area (Å²) in [6.07, 6.45) is 0.668. The summed E-state index contributed by atoms with van der Waals surface area (Å²) in [6, 6.07) is 15.8. The maximum absolute atomic E-state index is 13.8. The molecule has 2 aromatic rings. The van der Waals surface area contributed by atoms with Gasteiger partial charge in [0.2, 0.25) is 0 Å². The van der Waals surface area contributed by atoms with Crippen LogP contribution in [-0.4, -0.2) is 6.54 Å². The molecule has 2 rings (SSSR count). The molecule has 21 heavy (non-hydrogen) atoms. The first kappa shape index (κ1) is 15.7. The highest BCUT2D eigenvalue weighted by molar-refractivity contribution is 5.29. The quantitative estimate of drug-likeness (QED) is 0.800. The minimum Gasteiger partial charge on any atom is -0.310 e. The predicted molar refractivity (Wildman–Crippen MR) is 87.1 cm³/mol. The van der Waals surface area contributed by atoms with E-state index in [4.69, 9.17) is 0 Å². The van der Waals surface area contributed by atoms with Gasteiger partial charge in [-0.25, -0.2) is 4.39 Å². The number of hydrogen-bond donors (Lipinski definition) is 1. The molecule has 0 fully saturated rings. The van der Waals surface area contributed by atoms with E-state index in [9.17, 15) is 4.39 Å². The molecule has 1 unspecified atom stereocenters. The van der Waals surface area contributed by atoms with E-state index in [0.717, 1.165) is 12.1 Å². The van der Waals surface area contributed by atoms with Crippen LogP contribution in [0, 0.1) is 5.82 Å². The second kappa shape index (κ2) is 7.37. The monoisotopic (exact) mass is 285 g/mol. The molecule has 0 saturated carbocycles. The average Bonchev–Trinajstić information content (AvgIpc) is 2.49. The van der Waals surface area contributed by atoms with E-state index in [1.165, 1.54) is 17.2 Å². The molecule has 0 aliphatic heterocycles. The Labute approximate surface area is 127 Å². The highest BCUT2D eigenvalue weighted by Crippen LogP contribution is 2.22. The predicted octanol–water partition coefficient (Wildman–Crippen LogP) is 4.84. The summed E-state index contributed by atoms with van der Waals surface area (Å²) in [4.78, 5) is 0. The fourth-order valence-electron chi connectivity index (χ4n) is 2.55. The molecule has 1 nitrogen and oxygen atoms in total. The number of rotatable bonds is 6. The first-order chi connectivity index (χ1) is 10.1. The molecule has 1 N–H and O–H groups in total. The Balaban J connectivity index is 2.20. The normalized spacial score (nSPS) is 12.6. The summed E-state index contributed by atoms with van der Waals surface area (Å²) in [5, 5.41) is 3.46. The fraction of sp³-hybridized carbons (Fsp3) is 0.368. The number of likely N-dealkylation sites (N-methyl/N-ethyl adjacent to an activating group) is 1. The van der Waals surface area contributed by atoms with E-state index in [0.29, 0.717) is 12.3 Å². The van der Waals surface area contributed by atoms with Crippen LogP contribution in [0.15, 0.2) is 48.5 Å². The number of nitrogens with one attached hydrogen (secondary N) is 1. The second-order valence-electron chi connectivity index (χ2n) is 5.73. The summed E-state index contributed by atoms with van der Waals surface area (Å²) in [7, 11) is 0. The van der Waals surface area contributed by atoms with Gasteiger partial charge >= 0.3 is 0 Å². The SMILES string of the molecule is CCNC(Cc1ccccc1F)c1ccc(C(C)C)cc1. The number of benzene rings is 2. The van der Waals surface area contributed by atoms with Crippen LogP contribution < -0.4 is 5.32 Å². The summed E-state index contributed by atoms with van der Waals surface area (Å²) in [6.45, 7) is 7.33. The molecule has 2 aromatic carbocycles. The topological polar surface area (TPSA) is 12.0 Å². The molecule has 0 spiro atoms. The van der Waals surface area contributed by atoms with Crippen LogP contribution in [0.4, 0.5) is 4.39 Å². The number of hydrogen-bond acceptors (Lipinski definition) is 1. The lowest BCUT2D eigenvalue weighted by Gasteiger charge is -2.19. The van der Waals surface area contributed by atoms with E-state index in [-0.39, 0.29) is 11.9 Å². The van der Waals surface area contributed by atoms with Crippen molar-refractivity contribution in [1.29, 1.82) is 0 Å². The minimum absolute atomic E-state index is 0.126. The third-order valence-corrected chi connectivity index (χ3v) is 3.84. The molecule has 0 aliphatic rings. The molecule has 0 radical (unpaired) electrons. The molecular formula is C19H24FN. The zero-order valence-electron chi connectivity index (χ0n) is 13.1. The molecular weight excluding hydrogens is 261 g/mol. The first-order valence-electron chi connectivity index (χ1n) is 7.68. The molecule has 0 amide bonds. The van der Waals surface area contributed by atoms with Crippen LogP contribution >= 0.6 is 0 Å². The Kier molecular flexibility index (Phi) is 5.51. The van der Waals surface area contributed by atoms with Crippen molar-refractivity contribution in [3.05, 3.63) is 71.0 Å². The maximum Gasteiger partial charge on any atom is 0.126 e. The van der Waals surface area contributed by atoms with E-state index in [1.54, 1.807) is 6.07 Å². The van der Waals surface area contributed by atoms with Gasteiger partial charge in [0, 0.05) is 6.04 Å². The number of halogens is 1. The van der Waals surface area contributed by atoms with Gasteiger partial charge in [-0.05, 0) is 41.6 Å².